The molecule has 0 radical (unpaired) electrons. The van der Waals surface area contributed by atoms with Crippen molar-refractivity contribution in [3.05, 3.63) is 11.5 Å². The quantitative estimate of drug-likeness (QED) is 0.739. The Bertz CT molecular complexity index is 289. The number of aryl methyl sites for hydroxylation is 2. The largest absolute Gasteiger partial charge is 0.502 e. The number of hydrogen-bond donors (Lipinski definition) is 1. The van der Waals surface area contributed by atoms with Crippen molar-refractivity contribution in [3.8, 4) is 11.5 Å². The molecule has 0 amide bonds. The molecular weight excluding hydrogens is 180 g/mol. The van der Waals surface area contributed by atoms with Gasteiger partial charge >= 0.3 is 0 Å². The topological polar surface area (TPSA) is 42.6 Å². The first-order valence-corrected chi connectivity index (χ1v) is 5.14. The third kappa shape index (κ3) is 2.22. The lowest BCUT2D eigenvalue weighted by Gasteiger charge is -2.03. The Labute approximate surface area is 84.7 Å². The summed E-state index contributed by atoms with van der Waals surface area (Å²) in [7, 11) is 0. The zero-order valence-electron chi connectivity index (χ0n) is 9.09. The maximum Gasteiger partial charge on any atom is 0.202 e. The Balaban J connectivity index is 2.70. The van der Waals surface area contributed by atoms with Crippen LogP contribution >= 0.6 is 0 Å². The monoisotopic (exact) mass is 198 g/mol. The van der Waals surface area contributed by atoms with Crippen LogP contribution in [-0.4, -0.2) is 11.7 Å². The second-order valence-corrected chi connectivity index (χ2v) is 3.31. The van der Waals surface area contributed by atoms with E-state index in [1.807, 2.05) is 6.92 Å². The Morgan fingerprint density at radius 2 is 2.07 bits per heavy atom. The normalized spacial score (nSPS) is 10.5. The molecule has 1 aromatic heterocycles. The highest BCUT2D eigenvalue weighted by atomic mass is 16.5. The van der Waals surface area contributed by atoms with Crippen molar-refractivity contribution < 1.29 is 14.3 Å². The van der Waals surface area contributed by atoms with Gasteiger partial charge < -0.3 is 14.3 Å². The molecule has 0 atom stereocenters. The molecule has 0 aromatic carbocycles. The third-order valence-electron chi connectivity index (χ3n) is 2.14. The average molecular weight is 198 g/mol. The lowest BCUT2D eigenvalue weighted by atomic mass is 10.3. The van der Waals surface area contributed by atoms with Crippen LogP contribution in [0.2, 0.25) is 0 Å². The number of hydrogen-bond acceptors (Lipinski definition) is 3. The van der Waals surface area contributed by atoms with E-state index in [0.29, 0.717) is 30.3 Å². The summed E-state index contributed by atoms with van der Waals surface area (Å²) in [6, 6.07) is 0. The second-order valence-electron chi connectivity index (χ2n) is 3.31. The van der Waals surface area contributed by atoms with Gasteiger partial charge in [-0.2, -0.15) is 0 Å². The van der Waals surface area contributed by atoms with Crippen molar-refractivity contribution in [1.82, 2.24) is 0 Å². The second kappa shape index (κ2) is 4.94. The predicted octanol–water partition coefficient (Wildman–Crippen LogP) is 3.03. The van der Waals surface area contributed by atoms with Crippen molar-refractivity contribution in [1.29, 1.82) is 0 Å². The number of furan rings is 1. The predicted molar refractivity (Wildman–Crippen MR) is 54.9 cm³/mol. The van der Waals surface area contributed by atoms with Crippen molar-refractivity contribution in [3.63, 3.8) is 0 Å². The summed E-state index contributed by atoms with van der Waals surface area (Å²) in [5.41, 5.74) is 0. The highest BCUT2D eigenvalue weighted by Gasteiger charge is 2.16. The minimum atomic E-state index is 0.168. The van der Waals surface area contributed by atoms with Gasteiger partial charge in [-0.3, -0.25) is 0 Å². The van der Waals surface area contributed by atoms with Crippen LogP contribution in [-0.2, 0) is 6.42 Å². The van der Waals surface area contributed by atoms with E-state index in [1.165, 1.54) is 0 Å². The molecule has 80 valence electrons. The summed E-state index contributed by atoms with van der Waals surface area (Å²) in [6.45, 7) is 6.48. The summed E-state index contributed by atoms with van der Waals surface area (Å²) in [5.74, 6) is 1.95. The lowest BCUT2D eigenvalue weighted by Crippen LogP contribution is -1.96. The molecule has 0 fully saturated rings. The van der Waals surface area contributed by atoms with Crippen LogP contribution in [0.15, 0.2) is 4.42 Å². The van der Waals surface area contributed by atoms with Crippen LogP contribution in [0.3, 0.4) is 0 Å². The van der Waals surface area contributed by atoms with E-state index in [9.17, 15) is 5.11 Å². The van der Waals surface area contributed by atoms with Gasteiger partial charge in [-0.1, -0.05) is 20.3 Å². The van der Waals surface area contributed by atoms with Crippen LogP contribution < -0.4 is 4.74 Å². The maximum absolute atomic E-state index is 9.69. The molecule has 0 unspecified atom stereocenters. The molecule has 14 heavy (non-hydrogen) atoms. The van der Waals surface area contributed by atoms with Gasteiger partial charge in [0.15, 0.2) is 0 Å². The molecule has 0 spiro atoms. The smallest absolute Gasteiger partial charge is 0.202 e. The summed E-state index contributed by atoms with van der Waals surface area (Å²) in [5, 5.41) is 9.69. The molecule has 1 rings (SSSR count). The molecule has 1 heterocycles. The van der Waals surface area contributed by atoms with Gasteiger partial charge in [-0.25, -0.2) is 0 Å². The van der Waals surface area contributed by atoms with Crippen LogP contribution in [0.4, 0.5) is 0 Å². The van der Waals surface area contributed by atoms with Crippen molar-refractivity contribution in [2.45, 2.75) is 40.0 Å². The third-order valence-corrected chi connectivity index (χ3v) is 2.14. The van der Waals surface area contributed by atoms with Gasteiger partial charge in [0.1, 0.15) is 11.5 Å². The molecule has 3 heteroatoms. The van der Waals surface area contributed by atoms with Crippen molar-refractivity contribution in [2.75, 3.05) is 6.61 Å². The van der Waals surface area contributed by atoms with Crippen molar-refractivity contribution >= 4 is 0 Å². The fraction of sp³-hybridized carbons (Fsp3) is 0.636. The van der Waals surface area contributed by atoms with E-state index in [1.54, 1.807) is 6.92 Å². The van der Waals surface area contributed by atoms with Crippen molar-refractivity contribution in [2.24, 2.45) is 0 Å². The van der Waals surface area contributed by atoms with Gasteiger partial charge in [-0.15, -0.1) is 0 Å². The Kier molecular flexibility index (Phi) is 3.86. The van der Waals surface area contributed by atoms with Crippen LogP contribution in [0.25, 0.3) is 0 Å². The fourth-order valence-electron chi connectivity index (χ4n) is 1.30. The van der Waals surface area contributed by atoms with Gasteiger partial charge in [0.2, 0.25) is 11.5 Å². The van der Waals surface area contributed by atoms with Crippen LogP contribution in [0, 0.1) is 6.92 Å². The van der Waals surface area contributed by atoms with Crippen LogP contribution in [0.1, 0.15) is 38.2 Å². The number of ether oxygens (including phenoxy) is 1. The zero-order valence-corrected chi connectivity index (χ0v) is 9.09. The molecule has 1 N–H and O–H groups in total. The molecule has 0 aliphatic heterocycles. The molecule has 3 nitrogen and oxygen atoms in total. The zero-order chi connectivity index (χ0) is 10.6. The van der Waals surface area contributed by atoms with Gasteiger partial charge in [0, 0.05) is 6.42 Å². The minimum absolute atomic E-state index is 0.168. The van der Waals surface area contributed by atoms with E-state index in [-0.39, 0.29) is 5.75 Å². The first kappa shape index (κ1) is 11.0. The molecule has 1 aromatic rings. The molecule has 0 saturated carbocycles. The number of unbranched alkanes of at least 4 members (excludes halogenated alkanes) is 1. The highest BCUT2D eigenvalue weighted by molar-refractivity contribution is 5.44. The molecule has 0 bridgehead atoms. The maximum atomic E-state index is 9.69. The van der Waals surface area contributed by atoms with E-state index in [0.717, 1.165) is 12.8 Å². The molecule has 0 aliphatic carbocycles. The SMILES string of the molecule is CCCCOc1c(C)oc(CC)c1O. The minimum Gasteiger partial charge on any atom is -0.502 e. The van der Waals surface area contributed by atoms with Gasteiger partial charge in [0.25, 0.3) is 0 Å². The lowest BCUT2D eigenvalue weighted by molar-refractivity contribution is 0.290. The number of aromatic hydroxyl groups is 1. The molecule has 0 aliphatic rings. The standard InChI is InChI=1S/C11H18O3/c1-4-6-7-13-11-8(3)14-9(5-2)10(11)12/h12H,4-7H2,1-3H3. The first-order valence-electron chi connectivity index (χ1n) is 5.14. The number of rotatable bonds is 5. The van der Waals surface area contributed by atoms with Gasteiger partial charge in [0.05, 0.1) is 6.61 Å². The summed E-state index contributed by atoms with van der Waals surface area (Å²) < 4.78 is 10.8. The Morgan fingerprint density at radius 1 is 1.36 bits per heavy atom. The van der Waals surface area contributed by atoms with Gasteiger partial charge in [-0.05, 0) is 13.3 Å². The van der Waals surface area contributed by atoms with E-state index >= 15 is 0 Å². The summed E-state index contributed by atoms with van der Waals surface area (Å²) in [4.78, 5) is 0. The summed E-state index contributed by atoms with van der Waals surface area (Å²) in [6.07, 6.45) is 2.76. The Hall–Kier alpha value is -1.12. The average Bonchev–Trinajstić information content (AvgIpc) is 2.45. The van der Waals surface area contributed by atoms with E-state index in [2.05, 4.69) is 6.92 Å². The Morgan fingerprint density at radius 3 is 2.57 bits per heavy atom. The van der Waals surface area contributed by atoms with E-state index in [4.69, 9.17) is 9.15 Å². The molecular formula is C11H18O3. The van der Waals surface area contributed by atoms with E-state index < -0.39 is 0 Å². The summed E-state index contributed by atoms with van der Waals surface area (Å²) >= 11 is 0. The first-order chi connectivity index (χ1) is 6.70. The highest BCUT2D eigenvalue weighted by Crippen LogP contribution is 2.36. The van der Waals surface area contributed by atoms with Crippen LogP contribution in [0.5, 0.6) is 11.5 Å². The fourth-order valence-corrected chi connectivity index (χ4v) is 1.30. The molecule has 0 saturated heterocycles.